The van der Waals surface area contributed by atoms with Crippen LogP contribution in [-0.2, 0) is 4.79 Å². The van der Waals surface area contributed by atoms with E-state index in [0.29, 0.717) is 17.9 Å². The summed E-state index contributed by atoms with van der Waals surface area (Å²) in [4.78, 5) is 27.2. The van der Waals surface area contributed by atoms with E-state index in [-0.39, 0.29) is 17.6 Å². The average molecular weight is 273 g/mol. The predicted octanol–water partition coefficient (Wildman–Crippen LogP) is 2.67. The Balaban J connectivity index is 1.95. The molecule has 6 heteroatoms. The van der Waals surface area contributed by atoms with E-state index in [4.69, 9.17) is 4.42 Å². The third-order valence-electron chi connectivity index (χ3n) is 2.51. The molecule has 0 saturated heterocycles. The number of anilines is 2. The molecule has 0 bridgehead atoms. The van der Waals surface area contributed by atoms with Crippen molar-refractivity contribution in [2.24, 2.45) is 0 Å². The van der Waals surface area contributed by atoms with Gasteiger partial charge in [-0.05, 0) is 30.7 Å². The predicted molar refractivity (Wildman–Crippen MR) is 74.4 cm³/mol. The SMILES string of the molecule is CCCC(=O)Nc1ccc(NC(=O)c2ccco2)nc1. The summed E-state index contributed by atoms with van der Waals surface area (Å²) in [5.74, 6) is 0.180. The summed E-state index contributed by atoms with van der Waals surface area (Å²) in [6, 6.07) is 6.49. The molecule has 0 saturated carbocycles. The van der Waals surface area contributed by atoms with E-state index in [0.717, 1.165) is 6.42 Å². The molecule has 0 aliphatic carbocycles. The van der Waals surface area contributed by atoms with Crippen LogP contribution in [0.1, 0.15) is 30.3 Å². The highest BCUT2D eigenvalue weighted by Crippen LogP contribution is 2.11. The van der Waals surface area contributed by atoms with E-state index in [2.05, 4.69) is 15.6 Å². The standard InChI is InChI=1S/C14H15N3O3/c1-2-4-13(18)16-10-6-7-12(15-9-10)17-14(19)11-5-3-8-20-11/h3,5-9H,2,4H2,1H3,(H,16,18)(H,15,17,19). The van der Waals surface area contributed by atoms with Gasteiger partial charge in [0.15, 0.2) is 5.76 Å². The monoisotopic (exact) mass is 273 g/mol. The lowest BCUT2D eigenvalue weighted by molar-refractivity contribution is -0.116. The van der Waals surface area contributed by atoms with Gasteiger partial charge in [0, 0.05) is 6.42 Å². The second-order valence-electron chi connectivity index (χ2n) is 4.16. The third kappa shape index (κ3) is 3.68. The van der Waals surface area contributed by atoms with Gasteiger partial charge in [0.1, 0.15) is 5.82 Å². The number of hydrogen-bond donors (Lipinski definition) is 2. The lowest BCUT2D eigenvalue weighted by Crippen LogP contribution is -2.13. The number of furan rings is 1. The molecule has 2 amide bonds. The van der Waals surface area contributed by atoms with Crippen LogP contribution in [0.25, 0.3) is 0 Å². The molecule has 0 fully saturated rings. The average Bonchev–Trinajstić information content (AvgIpc) is 2.95. The van der Waals surface area contributed by atoms with Crippen molar-refractivity contribution < 1.29 is 14.0 Å². The number of carbonyl (C=O) groups is 2. The second kappa shape index (κ2) is 6.51. The molecular weight excluding hydrogens is 258 g/mol. The fourth-order valence-electron chi connectivity index (χ4n) is 1.58. The summed E-state index contributed by atoms with van der Waals surface area (Å²) in [5, 5.41) is 5.31. The van der Waals surface area contributed by atoms with Crippen molar-refractivity contribution in [2.45, 2.75) is 19.8 Å². The van der Waals surface area contributed by atoms with Gasteiger partial charge in [-0.25, -0.2) is 4.98 Å². The number of nitrogens with one attached hydrogen (secondary N) is 2. The first-order valence-electron chi connectivity index (χ1n) is 6.30. The van der Waals surface area contributed by atoms with Crippen LogP contribution in [0.3, 0.4) is 0 Å². The summed E-state index contributed by atoms with van der Waals surface area (Å²) in [6.45, 7) is 1.94. The molecule has 0 aromatic carbocycles. The smallest absolute Gasteiger partial charge is 0.292 e. The molecular formula is C14H15N3O3. The van der Waals surface area contributed by atoms with E-state index < -0.39 is 0 Å². The van der Waals surface area contributed by atoms with Crippen molar-refractivity contribution in [2.75, 3.05) is 10.6 Å². The van der Waals surface area contributed by atoms with Crippen LogP contribution >= 0.6 is 0 Å². The van der Waals surface area contributed by atoms with Crippen LogP contribution in [0.4, 0.5) is 11.5 Å². The molecule has 0 atom stereocenters. The first kappa shape index (κ1) is 13.8. The highest BCUT2D eigenvalue weighted by atomic mass is 16.3. The number of pyridine rings is 1. The highest BCUT2D eigenvalue weighted by molar-refractivity contribution is 6.01. The zero-order valence-electron chi connectivity index (χ0n) is 11.1. The molecule has 2 aromatic heterocycles. The minimum atomic E-state index is -0.370. The quantitative estimate of drug-likeness (QED) is 0.877. The Bertz CT molecular complexity index is 576. The van der Waals surface area contributed by atoms with Crippen LogP contribution in [0, 0.1) is 0 Å². The number of carbonyl (C=O) groups excluding carboxylic acids is 2. The van der Waals surface area contributed by atoms with Crippen LogP contribution in [0.15, 0.2) is 41.1 Å². The van der Waals surface area contributed by atoms with Crippen LogP contribution in [0.5, 0.6) is 0 Å². The van der Waals surface area contributed by atoms with Crippen molar-refractivity contribution in [1.29, 1.82) is 0 Å². The molecule has 6 nitrogen and oxygen atoms in total. The summed E-state index contributed by atoms with van der Waals surface area (Å²) >= 11 is 0. The zero-order chi connectivity index (χ0) is 14.4. The van der Waals surface area contributed by atoms with Gasteiger partial charge >= 0.3 is 0 Å². The van der Waals surface area contributed by atoms with Gasteiger partial charge in [-0.2, -0.15) is 0 Å². The lowest BCUT2D eigenvalue weighted by Gasteiger charge is -2.05. The normalized spacial score (nSPS) is 10.1. The van der Waals surface area contributed by atoms with Crippen molar-refractivity contribution in [3.63, 3.8) is 0 Å². The third-order valence-corrected chi connectivity index (χ3v) is 2.51. The zero-order valence-corrected chi connectivity index (χ0v) is 11.1. The van der Waals surface area contributed by atoms with Gasteiger partial charge in [0.2, 0.25) is 5.91 Å². The van der Waals surface area contributed by atoms with E-state index in [1.165, 1.54) is 12.5 Å². The second-order valence-corrected chi connectivity index (χ2v) is 4.16. The van der Waals surface area contributed by atoms with Gasteiger partial charge in [-0.3, -0.25) is 9.59 Å². The molecule has 0 unspecified atom stereocenters. The molecule has 20 heavy (non-hydrogen) atoms. The Kier molecular flexibility index (Phi) is 4.49. The lowest BCUT2D eigenvalue weighted by atomic mass is 10.3. The van der Waals surface area contributed by atoms with Gasteiger partial charge in [-0.15, -0.1) is 0 Å². The molecule has 2 rings (SSSR count). The van der Waals surface area contributed by atoms with Gasteiger partial charge in [-0.1, -0.05) is 6.92 Å². The first-order chi connectivity index (χ1) is 9.69. The van der Waals surface area contributed by atoms with E-state index in [1.54, 1.807) is 24.3 Å². The Morgan fingerprint density at radius 3 is 2.70 bits per heavy atom. The van der Waals surface area contributed by atoms with Gasteiger partial charge in [0.25, 0.3) is 5.91 Å². The summed E-state index contributed by atoms with van der Waals surface area (Å²) in [6.07, 6.45) is 4.17. The van der Waals surface area contributed by atoms with E-state index in [9.17, 15) is 9.59 Å². The summed E-state index contributed by atoms with van der Waals surface area (Å²) < 4.78 is 4.97. The van der Waals surface area contributed by atoms with Crippen molar-refractivity contribution in [1.82, 2.24) is 4.98 Å². The minimum Gasteiger partial charge on any atom is -0.459 e. The molecule has 2 heterocycles. The molecule has 0 aliphatic rings. The number of amides is 2. The minimum absolute atomic E-state index is 0.0540. The van der Waals surface area contributed by atoms with Gasteiger partial charge < -0.3 is 15.1 Å². The molecule has 2 N–H and O–H groups in total. The van der Waals surface area contributed by atoms with Gasteiger partial charge in [0.05, 0.1) is 18.1 Å². The first-order valence-corrected chi connectivity index (χ1v) is 6.30. The fraction of sp³-hybridized carbons (Fsp3) is 0.214. The fourth-order valence-corrected chi connectivity index (χ4v) is 1.58. The van der Waals surface area contributed by atoms with Crippen molar-refractivity contribution in [3.8, 4) is 0 Å². The van der Waals surface area contributed by atoms with Crippen LogP contribution in [-0.4, -0.2) is 16.8 Å². The van der Waals surface area contributed by atoms with E-state index >= 15 is 0 Å². The number of nitrogens with zero attached hydrogens (tertiary/aromatic N) is 1. The number of aromatic nitrogens is 1. The molecule has 0 radical (unpaired) electrons. The Hall–Kier alpha value is -2.63. The maximum Gasteiger partial charge on any atom is 0.292 e. The van der Waals surface area contributed by atoms with E-state index in [1.807, 2.05) is 6.92 Å². The highest BCUT2D eigenvalue weighted by Gasteiger charge is 2.09. The summed E-state index contributed by atoms with van der Waals surface area (Å²) in [5.41, 5.74) is 0.597. The summed E-state index contributed by atoms with van der Waals surface area (Å²) in [7, 11) is 0. The maximum atomic E-state index is 11.7. The molecule has 104 valence electrons. The van der Waals surface area contributed by atoms with Crippen molar-refractivity contribution >= 4 is 23.3 Å². The Labute approximate surface area is 116 Å². The molecule has 0 aliphatic heterocycles. The van der Waals surface area contributed by atoms with Crippen molar-refractivity contribution in [3.05, 3.63) is 42.5 Å². The molecule has 2 aromatic rings. The number of rotatable bonds is 5. The Morgan fingerprint density at radius 2 is 2.10 bits per heavy atom. The topological polar surface area (TPSA) is 84.2 Å². The van der Waals surface area contributed by atoms with Crippen LogP contribution in [0.2, 0.25) is 0 Å². The largest absolute Gasteiger partial charge is 0.459 e. The van der Waals surface area contributed by atoms with Crippen LogP contribution < -0.4 is 10.6 Å². The Morgan fingerprint density at radius 1 is 1.25 bits per heavy atom. The maximum absolute atomic E-state index is 11.7. The molecule has 0 spiro atoms. The number of hydrogen-bond acceptors (Lipinski definition) is 4.